The van der Waals surface area contributed by atoms with Gasteiger partial charge in [-0.3, -0.25) is 5.10 Å². The standard InChI is InChI=1S/C16H18N6O2/c17-16-20-12-5-8(11-3-4-18-22-11)1-2-10(12)15(21-16)19-13-6-9(23)7-14(13)24/h1-5,9,13-14,23-24H,6-7H2,(H,18,22)(H3,17,19,20,21)/t9-,13+,14+/m1/s1. The van der Waals surface area contributed by atoms with Gasteiger partial charge in [-0.25, -0.2) is 4.98 Å². The Kier molecular flexibility index (Phi) is 3.55. The lowest BCUT2D eigenvalue weighted by Crippen LogP contribution is -2.28. The molecule has 3 aromatic rings. The quantitative estimate of drug-likeness (QED) is 0.483. The van der Waals surface area contributed by atoms with Gasteiger partial charge in [-0.15, -0.1) is 0 Å². The molecule has 8 nitrogen and oxygen atoms in total. The van der Waals surface area contributed by atoms with E-state index in [2.05, 4.69) is 25.5 Å². The second-order valence-electron chi connectivity index (χ2n) is 6.08. The molecule has 6 N–H and O–H groups in total. The maximum atomic E-state index is 10.0. The summed E-state index contributed by atoms with van der Waals surface area (Å²) < 4.78 is 0. The van der Waals surface area contributed by atoms with Crippen molar-refractivity contribution in [3.05, 3.63) is 30.5 Å². The lowest BCUT2D eigenvalue weighted by atomic mass is 10.1. The van der Waals surface area contributed by atoms with Gasteiger partial charge in [0.15, 0.2) is 0 Å². The fraction of sp³-hybridized carbons (Fsp3) is 0.312. The molecule has 0 bridgehead atoms. The number of nitrogen functional groups attached to an aromatic ring is 1. The molecule has 0 aliphatic heterocycles. The largest absolute Gasteiger partial charge is 0.393 e. The van der Waals surface area contributed by atoms with Crippen molar-refractivity contribution in [2.75, 3.05) is 11.1 Å². The summed E-state index contributed by atoms with van der Waals surface area (Å²) in [6.45, 7) is 0. The van der Waals surface area contributed by atoms with Gasteiger partial charge >= 0.3 is 0 Å². The highest BCUT2D eigenvalue weighted by atomic mass is 16.3. The van der Waals surface area contributed by atoms with Gasteiger partial charge in [-0.05, 0) is 24.6 Å². The number of benzene rings is 1. The van der Waals surface area contributed by atoms with Gasteiger partial charge in [-0.1, -0.05) is 6.07 Å². The lowest BCUT2D eigenvalue weighted by Gasteiger charge is -2.18. The molecule has 1 aliphatic rings. The van der Waals surface area contributed by atoms with Gasteiger partial charge in [0.25, 0.3) is 0 Å². The van der Waals surface area contributed by atoms with E-state index in [4.69, 9.17) is 5.73 Å². The summed E-state index contributed by atoms with van der Waals surface area (Å²) in [5, 5.41) is 30.6. The highest BCUT2D eigenvalue weighted by Gasteiger charge is 2.32. The first-order valence-electron chi connectivity index (χ1n) is 7.80. The third-order valence-electron chi connectivity index (χ3n) is 4.35. The van der Waals surface area contributed by atoms with Crippen LogP contribution in [0.2, 0.25) is 0 Å². The Morgan fingerprint density at radius 1 is 1.17 bits per heavy atom. The minimum absolute atomic E-state index is 0.153. The summed E-state index contributed by atoms with van der Waals surface area (Å²) in [5.41, 5.74) is 8.37. The summed E-state index contributed by atoms with van der Waals surface area (Å²) in [4.78, 5) is 8.56. The minimum Gasteiger partial charge on any atom is -0.393 e. The molecule has 24 heavy (non-hydrogen) atoms. The van der Waals surface area contributed by atoms with Crippen LogP contribution in [0.25, 0.3) is 22.2 Å². The van der Waals surface area contributed by atoms with Crippen molar-refractivity contribution in [3.63, 3.8) is 0 Å². The SMILES string of the molecule is Nc1nc(N[C@H]2C[C@@H](O)C[C@@H]2O)c2ccc(-c3ccn[nH]3)cc2n1. The van der Waals surface area contributed by atoms with E-state index >= 15 is 0 Å². The Bertz CT molecular complexity index is 866. The van der Waals surface area contributed by atoms with Crippen molar-refractivity contribution in [1.29, 1.82) is 0 Å². The Hall–Kier alpha value is -2.71. The first-order valence-corrected chi connectivity index (χ1v) is 7.80. The van der Waals surface area contributed by atoms with Gasteiger partial charge < -0.3 is 21.3 Å². The van der Waals surface area contributed by atoms with Crippen LogP contribution in [-0.2, 0) is 0 Å². The molecular formula is C16H18N6O2. The van der Waals surface area contributed by atoms with E-state index in [1.807, 2.05) is 24.3 Å². The van der Waals surface area contributed by atoms with E-state index in [-0.39, 0.29) is 12.0 Å². The normalized spacial score (nSPS) is 23.7. The number of hydrogen-bond acceptors (Lipinski definition) is 7. The predicted octanol–water partition coefficient (Wildman–Crippen LogP) is 0.898. The smallest absolute Gasteiger partial charge is 0.222 e. The first-order chi connectivity index (χ1) is 11.6. The predicted molar refractivity (Wildman–Crippen MR) is 90.2 cm³/mol. The average Bonchev–Trinajstić information content (AvgIpc) is 3.17. The maximum absolute atomic E-state index is 10.0. The van der Waals surface area contributed by atoms with Crippen LogP contribution in [0.3, 0.4) is 0 Å². The van der Waals surface area contributed by atoms with Crippen molar-refractivity contribution >= 4 is 22.7 Å². The number of nitrogens with two attached hydrogens (primary N) is 1. The lowest BCUT2D eigenvalue weighted by molar-refractivity contribution is 0.134. The molecule has 124 valence electrons. The van der Waals surface area contributed by atoms with Crippen LogP contribution in [0.15, 0.2) is 30.5 Å². The molecule has 0 amide bonds. The Morgan fingerprint density at radius 2 is 2.04 bits per heavy atom. The van der Waals surface area contributed by atoms with Crippen LogP contribution in [0.4, 0.5) is 11.8 Å². The van der Waals surface area contributed by atoms with Gasteiger partial charge in [0.05, 0.1) is 29.5 Å². The molecule has 1 saturated carbocycles. The van der Waals surface area contributed by atoms with Crippen molar-refractivity contribution in [2.24, 2.45) is 0 Å². The second kappa shape index (κ2) is 5.73. The topological polar surface area (TPSA) is 133 Å². The number of aromatic amines is 1. The maximum Gasteiger partial charge on any atom is 0.222 e. The van der Waals surface area contributed by atoms with Crippen molar-refractivity contribution in [3.8, 4) is 11.3 Å². The van der Waals surface area contributed by atoms with Gasteiger partial charge in [0.1, 0.15) is 5.82 Å². The van der Waals surface area contributed by atoms with E-state index in [0.29, 0.717) is 24.2 Å². The number of nitrogens with one attached hydrogen (secondary N) is 2. The molecule has 1 aromatic carbocycles. The van der Waals surface area contributed by atoms with E-state index in [1.54, 1.807) is 6.20 Å². The summed E-state index contributed by atoms with van der Waals surface area (Å²) in [6, 6.07) is 7.38. The zero-order chi connectivity index (χ0) is 16.7. The number of fused-ring (bicyclic) bond motifs is 1. The summed E-state index contributed by atoms with van der Waals surface area (Å²) in [6.07, 6.45) is 1.40. The van der Waals surface area contributed by atoms with Crippen LogP contribution in [0.5, 0.6) is 0 Å². The number of H-pyrrole nitrogens is 1. The third kappa shape index (κ3) is 2.66. The monoisotopic (exact) mass is 326 g/mol. The van der Waals surface area contributed by atoms with Crippen LogP contribution in [0, 0.1) is 0 Å². The summed E-state index contributed by atoms with van der Waals surface area (Å²) in [5.74, 6) is 0.714. The fourth-order valence-corrected chi connectivity index (χ4v) is 3.16. The molecule has 2 aromatic heterocycles. The molecule has 4 rings (SSSR count). The number of nitrogens with zero attached hydrogens (tertiary/aromatic N) is 3. The number of aromatic nitrogens is 4. The van der Waals surface area contributed by atoms with E-state index in [0.717, 1.165) is 16.6 Å². The molecule has 0 radical (unpaired) electrons. The molecule has 2 heterocycles. The summed E-state index contributed by atoms with van der Waals surface area (Å²) in [7, 11) is 0. The molecule has 0 saturated heterocycles. The van der Waals surface area contributed by atoms with Crippen LogP contribution in [0.1, 0.15) is 12.8 Å². The first kappa shape index (κ1) is 14.9. The molecular weight excluding hydrogens is 308 g/mol. The van der Waals surface area contributed by atoms with Gasteiger partial charge in [0.2, 0.25) is 5.95 Å². The van der Waals surface area contributed by atoms with E-state index < -0.39 is 12.2 Å². The van der Waals surface area contributed by atoms with Gasteiger partial charge in [0, 0.05) is 23.6 Å². The van der Waals surface area contributed by atoms with Crippen molar-refractivity contribution in [1.82, 2.24) is 20.2 Å². The molecule has 3 atom stereocenters. The fourth-order valence-electron chi connectivity index (χ4n) is 3.16. The zero-order valence-electron chi connectivity index (χ0n) is 12.8. The summed E-state index contributed by atoms with van der Waals surface area (Å²) >= 11 is 0. The number of anilines is 2. The van der Waals surface area contributed by atoms with Crippen molar-refractivity contribution < 1.29 is 10.2 Å². The molecule has 1 fully saturated rings. The molecule has 0 spiro atoms. The number of aliphatic hydroxyl groups is 2. The van der Waals surface area contributed by atoms with Gasteiger partial charge in [-0.2, -0.15) is 10.1 Å². The Morgan fingerprint density at radius 3 is 2.75 bits per heavy atom. The zero-order valence-corrected chi connectivity index (χ0v) is 12.8. The highest BCUT2D eigenvalue weighted by molar-refractivity contribution is 5.92. The minimum atomic E-state index is -0.615. The second-order valence-corrected chi connectivity index (χ2v) is 6.08. The van der Waals surface area contributed by atoms with Crippen LogP contribution < -0.4 is 11.1 Å². The third-order valence-corrected chi connectivity index (χ3v) is 4.35. The van der Waals surface area contributed by atoms with E-state index in [1.165, 1.54) is 0 Å². The van der Waals surface area contributed by atoms with E-state index in [9.17, 15) is 10.2 Å². The van der Waals surface area contributed by atoms with Crippen LogP contribution in [-0.4, -0.2) is 48.6 Å². The Balaban J connectivity index is 1.73. The van der Waals surface area contributed by atoms with Crippen LogP contribution >= 0.6 is 0 Å². The highest BCUT2D eigenvalue weighted by Crippen LogP contribution is 2.29. The molecule has 0 unspecified atom stereocenters. The average molecular weight is 326 g/mol. The molecule has 8 heteroatoms. The molecule has 1 aliphatic carbocycles. The number of hydrogen-bond donors (Lipinski definition) is 5. The number of aliphatic hydroxyl groups excluding tert-OH is 2. The number of rotatable bonds is 3. The Labute approximate surface area is 137 Å². The van der Waals surface area contributed by atoms with Crippen molar-refractivity contribution in [2.45, 2.75) is 31.1 Å².